The summed E-state index contributed by atoms with van der Waals surface area (Å²) < 4.78 is 5.34. The molecule has 0 aromatic carbocycles. The van der Waals surface area contributed by atoms with Crippen LogP contribution in [0.2, 0.25) is 0 Å². The molecule has 0 atom stereocenters. The van der Waals surface area contributed by atoms with E-state index in [-0.39, 0.29) is 0 Å². The number of aliphatic imine (C=N–C) groups is 1. The minimum absolute atomic E-state index is 0.435. The molecule has 0 aliphatic rings. The van der Waals surface area contributed by atoms with Crippen molar-refractivity contribution in [1.82, 2.24) is 20.9 Å². The zero-order valence-electron chi connectivity index (χ0n) is 19.9. The fraction of sp³-hybridized carbons (Fsp3) is 0.682. The van der Waals surface area contributed by atoms with E-state index in [1.165, 1.54) is 0 Å². The zero-order valence-corrected chi connectivity index (χ0v) is 19.9. The molecule has 8 nitrogen and oxygen atoms in total. The first kappa shape index (κ1) is 25.5. The highest BCUT2D eigenvalue weighted by Crippen LogP contribution is 2.12. The van der Waals surface area contributed by atoms with Crippen LogP contribution in [0.1, 0.15) is 61.0 Å². The number of hydrogen-bond acceptors (Lipinski definition) is 5. The molecule has 0 bridgehead atoms. The molecule has 8 heteroatoms. The van der Waals surface area contributed by atoms with E-state index in [1.807, 2.05) is 53.8 Å². The van der Waals surface area contributed by atoms with E-state index in [0.717, 1.165) is 31.0 Å². The molecule has 1 rings (SSSR count). The minimum Gasteiger partial charge on any atom is -0.444 e. The summed E-state index contributed by atoms with van der Waals surface area (Å²) in [6, 6.07) is 4.09. The molecular formula is C22H40N6O2. The number of aromatic nitrogens is 1. The van der Waals surface area contributed by atoms with Crippen LogP contribution in [-0.2, 0) is 11.3 Å². The zero-order chi connectivity index (χ0) is 22.8. The Morgan fingerprint density at radius 1 is 1.10 bits per heavy atom. The van der Waals surface area contributed by atoms with Gasteiger partial charge in [-0.15, -0.1) is 0 Å². The van der Waals surface area contributed by atoms with Crippen molar-refractivity contribution in [2.24, 2.45) is 4.99 Å². The average molecular weight is 421 g/mol. The van der Waals surface area contributed by atoms with E-state index >= 15 is 0 Å². The van der Waals surface area contributed by atoms with Gasteiger partial charge in [0.05, 0.1) is 12.1 Å². The number of rotatable bonds is 9. The lowest BCUT2D eigenvalue weighted by atomic mass is 10.1. The van der Waals surface area contributed by atoms with Crippen molar-refractivity contribution >= 4 is 17.9 Å². The van der Waals surface area contributed by atoms with Gasteiger partial charge in [-0.3, -0.25) is 0 Å². The third kappa shape index (κ3) is 9.80. The summed E-state index contributed by atoms with van der Waals surface area (Å²) in [5.74, 6) is 1.66. The SMILES string of the molecule is CCNC(=NCc1ccc(N(CC)CC)nc1)NCC(C)(C)NC(=O)OC(C)(C)C. The van der Waals surface area contributed by atoms with Gasteiger partial charge < -0.3 is 25.6 Å². The first-order valence-corrected chi connectivity index (χ1v) is 10.7. The highest BCUT2D eigenvalue weighted by atomic mass is 16.6. The Balaban J connectivity index is 2.68. The summed E-state index contributed by atoms with van der Waals surface area (Å²) >= 11 is 0. The number of alkyl carbamates (subject to hydrolysis) is 1. The normalized spacial score (nSPS) is 12.3. The molecule has 0 aliphatic heterocycles. The Labute approximate surface area is 181 Å². The Morgan fingerprint density at radius 2 is 1.77 bits per heavy atom. The highest BCUT2D eigenvalue weighted by molar-refractivity contribution is 5.80. The number of pyridine rings is 1. The van der Waals surface area contributed by atoms with Gasteiger partial charge in [-0.2, -0.15) is 0 Å². The topological polar surface area (TPSA) is 90.9 Å². The monoisotopic (exact) mass is 420 g/mol. The molecule has 3 N–H and O–H groups in total. The molecule has 1 heterocycles. The van der Waals surface area contributed by atoms with E-state index in [1.54, 1.807) is 0 Å². The lowest BCUT2D eigenvalue weighted by Gasteiger charge is -2.29. The van der Waals surface area contributed by atoms with Crippen LogP contribution < -0.4 is 20.9 Å². The van der Waals surface area contributed by atoms with Gasteiger partial charge >= 0.3 is 6.09 Å². The van der Waals surface area contributed by atoms with Crippen LogP contribution in [0.5, 0.6) is 0 Å². The molecule has 0 saturated heterocycles. The van der Waals surface area contributed by atoms with Crippen molar-refractivity contribution in [1.29, 1.82) is 0 Å². The summed E-state index contributed by atoms with van der Waals surface area (Å²) in [6.07, 6.45) is 1.44. The van der Waals surface area contributed by atoms with Gasteiger partial charge in [0.1, 0.15) is 11.4 Å². The summed E-state index contributed by atoms with van der Waals surface area (Å²) in [6.45, 7) is 19.3. The van der Waals surface area contributed by atoms with Crippen molar-refractivity contribution in [3.05, 3.63) is 23.9 Å². The summed E-state index contributed by atoms with van der Waals surface area (Å²) in [5, 5.41) is 9.41. The first-order chi connectivity index (χ1) is 14.0. The quantitative estimate of drug-likeness (QED) is 0.419. The number of amides is 1. The Kier molecular flexibility index (Phi) is 9.89. The van der Waals surface area contributed by atoms with Gasteiger partial charge in [0.15, 0.2) is 5.96 Å². The van der Waals surface area contributed by atoms with E-state index in [0.29, 0.717) is 19.0 Å². The largest absolute Gasteiger partial charge is 0.444 e. The maximum absolute atomic E-state index is 12.1. The van der Waals surface area contributed by atoms with Gasteiger partial charge in [-0.05, 0) is 67.0 Å². The van der Waals surface area contributed by atoms with Gasteiger partial charge in [0, 0.05) is 32.4 Å². The second kappa shape index (κ2) is 11.6. The van der Waals surface area contributed by atoms with Gasteiger partial charge in [0.25, 0.3) is 0 Å². The molecular weight excluding hydrogens is 380 g/mol. The molecule has 0 radical (unpaired) electrons. The van der Waals surface area contributed by atoms with E-state index in [4.69, 9.17) is 4.74 Å². The molecule has 30 heavy (non-hydrogen) atoms. The molecule has 0 fully saturated rings. The van der Waals surface area contributed by atoms with Crippen LogP contribution in [0.3, 0.4) is 0 Å². The molecule has 1 amide bonds. The van der Waals surface area contributed by atoms with Crippen molar-refractivity contribution < 1.29 is 9.53 Å². The van der Waals surface area contributed by atoms with Crippen LogP contribution in [-0.4, -0.2) is 54.4 Å². The fourth-order valence-electron chi connectivity index (χ4n) is 2.69. The molecule has 170 valence electrons. The van der Waals surface area contributed by atoms with Crippen LogP contribution in [0, 0.1) is 0 Å². The molecule has 0 saturated carbocycles. The van der Waals surface area contributed by atoms with E-state index < -0.39 is 17.2 Å². The summed E-state index contributed by atoms with van der Waals surface area (Å²) in [5.41, 5.74) is -0.00102. The lowest BCUT2D eigenvalue weighted by Crippen LogP contribution is -2.54. The van der Waals surface area contributed by atoms with Crippen molar-refractivity contribution in [3.63, 3.8) is 0 Å². The number of ether oxygens (including phenoxy) is 1. The van der Waals surface area contributed by atoms with E-state index in [9.17, 15) is 4.79 Å². The second-order valence-electron chi connectivity index (χ2n) is 8.76. The van der Waals surface area contributed by atoms with Crippen molar-refractivity contribution in [2.45, 2.75) is 73.1 Å². The fourth-order valence-corrected chi connectivity index (χ4v) is 2.69. The second-order valence-corrected chi connectivity index (χ2v) is 8.76. The number of guanidine groups is 1. The maximum Gasteiger partial charge on any atom is 0.408 e. The number of nitrogens with zero attached hydrogens (tertiary/aromatic N) is 3. The van der Waals surface area contributed by atoms with Gasteiger partial charge in [-0.25, -0.2) is 14.8 Å². The number of carbonyl (C=O) groups excluding carboxylic acids is 1. The number of carbonyl (C=O) groups is 1. The number of anilines is 1. The molecule has 0 spiro atoms. The predicted octanol–water partition coefficient (Wildman–Crippen LogP) is 3.29. The van der Waals surface area contributed by atoms with Crippen LogP contribution in [0.25, 0.3) is 0 Å². The minimum atomic E-state index is -0.529. The summed E-state index contributed by atoms with van der Waals surface area (Å²) in [7, 11) is 0. The van der Waals surface area contributed by atoms with Crippen molar-refractivity contribution in [3.8, 4) is 0 Å². The third-order valence-corrected chi connectivity index (χ3v) is 4.20. The molecule has 1 aromatic rings. The third-order valence-electron chi connectivity index (χ3n) is 4.20. The molecule has 0 unspecified atom stereocenters. The average Bonchev–Trinajstić information content (AvgIpc) is 2.64. The molecule has 1 aromatic heterocycles. The number of nitrogens with one attached hydrogen (secondary N) is 3. The maximum atomic E-state index is 12.1. The number of hydrogen-bond donors (Lipinski definition) is 3. The van der Waals surface area contributed by atoms with Crippen LogP contribution in [0.15, 0.2) is 23.3 Å². The van der Waals surface area contributed by atoms with Gasteiger partial charge in [0.2, 0.25) is 0 Å². The Bertz CT molecular complexity index is 676. The highest BCUT2D eigenvalue weighted by Gasteiger charge is 2.24. The smallest absolute Gasteiger partial charge is 0.408 e. The van der Waals surface area contributed by atoms with Gasteiger partial charge in [-0.1, -0.05) is 6.07 Å². The van der Waals surface area contributed by atoms with E-state index in [2.05, 4.69) is 50.7 Å². The Morgan fingerprint density at radius 3 is 2.27 bits per heavy atom. The lowest BCUT2D eigenvalue weighted by molar-refractivity contribution is 0.0474. The van der Waals surface area contributed by atoms with Crippen LogP contribution >= 0.6 is 0 Å². The Hall–Kier alpha value is -2.51. The summed E-state index contributed by atoms with van der Waals surface area (Å²) in [4.78, 5) is 23.4. The van der Waals surface area contributed by atoms with Crippen molar-refractivity contribution in [2.75, 3.05) is 31.1 Å². The predicted molar refractivity (Wildman–Crippen MR) is 124 cm³/mol. The van der Waals surface area contributed by atoms with Crippen LogP contribution in [0.4, 0.5) is 10.6 Å². The first-order valence-electron chi connectivity index (χ1n) is 10.7. The standard InChI is InChI=1S/C22H40N6O2/c1-9-23-19(26-16-22(7,8)27-20(29)30-21(4,5)6)25-15-17-12-13-18(24-14-17)28(10-2)11-3/h12-14H,9-11,15-16H2,1-8H3,(H,27,29)(H2,23,25,26). The molecule has 0 aliphatic carbocycles.